The number of hydrogen-bond donors (Lipinski definition) is 1. The highest BCUT2D eigenvalue weighted by molar-refractivity contribution is 7.90. The van der Waals surface area contributed by atoms with Gasteiger partial charge in [-0.2, -0.15) is 0 Å². The Labute approximate surface area is 160 Å². The van der Waals surface area contributed by atoms with Gasteiger partial charge in [-0.15, -0.1) is 11.3 Å². The van der Waals surface area contributed by atoms with E-state index < -0.39 is 27.7 Å². The van der Waals surface area contributed by atoms with E-state index in [1.807, 2.05) is 0 Å². The number of anilines is 1. The molecular formula is C17H17NO7S2. The van der Waals surface area contributed by atoms with Gasteiger partial charge in [0.25, 0.3) is 5.91 Å². The summed E-state index contributed by atoms with van der Waals surface area (Å²) in [6.07, 6.45) is 1.03. The second-order valence-electron chi connectivity index (χ2n) is 5.50. The van der Waals surface area contributed by atoms with Crippen molar-refractivity contribution in [2.75, 3.05) is 25.8 Å². The number of esters is 2. The van der Waals surface area contributed by atoms with Gasteiger partial charge >= 0.3 is 11.9 Å². The van der Waals surface area contributed by atoms with Gasteiger partial charge in [0.05, 0.1) is 24.7 Å². The first kappa shape index (κ1) is 20.6. The Morgan fingerprint density at radius 3 is 2.26 bits per heavy atom. The quantitative estimate of drug-likeness (QED) is 0.750. The number of methoxy groups -OCH3 is 2. The summed E-state index contributed by atoms with van der Waals surface area (Å²) in [7, 11) is -1.11. The van der Waals surface area contributed by atoms with Crippen LogP contribution >= 0.6 is 11.3 Å². The summed E-state index contributed by atoms with van der Waals surface area (Å²) in [5.74, 6) is -2.01. The van der Waals surface area contributed by atoms with E-state index in [4.69, 9.17) is 4.74 Å². The fourth-order valence-corrected chi connectivity index (χ4v) is 4.06. The van der Waals surface area contributed by atoms with Crippen LogP contribution in [0, 0.1) is 6.92 Å². The Kier molecular flexibility index (Phi) is 6.01. The first-order chi connectivity index (χ1) is 12.6. The molecule has 0 fully saturated rings. The largest absolute Gasteiger partial charge is 0.465 e. The molecule has 0 saturated heterocycles. The van der Waals surface area contributed by atoms with Crippen LogP contribution in [0.25, 0.3) is 0 Å². The second kappa shape index (κ2) is 7.89. The van der Waals surface area contributed by atoms with Gasteiger partial charge in [-0.3, -0.25) is 4.79 Å². The molecule has 1 aromatic heterocycles. The van der Waals surface area contributed by atoms with Gasteiger partial charge in [-0.25, -0.2) is 18.0 Å². The van der Waals surface area contributed by atoms with Crippen molar-refractivity contribution in [2.45, 2.75) is 11.8 Å². The highest BCUT2D eigenvalue weighted by atomic mass is 32.2. The molecule has 0 radical (unpaired) electrons. The number of nitrogens with one attached hydrogen (secondary N) is 1. The summed E-state index contributed by atoms with van der Waals surface area (Å²) in [6, 6.07) is 5.47. The molecule has 2 rings (SSSR count). The molecule has 10 heteroatoms. The third kappa shape index (κ3) is 4.34. The molecule has 1 heterocycles. The van der Waals surface area contributed by atoms with Crippen LogP contribution in [0.15, 0.2) is 29.2 Å². The van der Waals surface area contributed by atoms with Crippen LogP contribution in [-0.2, 0) is 19.3 Å². The maximum atomic E-state index is 12.5. The molecule has 0 aliphatic carbocycles. The number of ether oxygens (including phenoxy) is 2. The normalized spacial score (nSPS) is 11.0. The predicted octanol–water partition coefficient (Wildman–Crippen LogP) is 2.29. The van der Waals surface area contributed by atoms with E-state index in [0.717, 1.165) is 17.6 Å². The lowest BCUT2D eigenvalue weighted by atomic mass is 10.1. The zero-order chi connectivity index (χ0) is 20.4. The van der Waals surface area contributed by atoms with E-state index in [1.54, 1.807) is 0 Å². The summed E-state index contributed by atoms with van der Waals surface area (Å²) >= 11 is 0.870. The van der Waals surface area contributed by atoms with Crippen molar-refractivity contribution in [1.82, 2.24) is 0 Å². The van der Waals surface area contributed by atoms with Gasteiger partial charge in [0, 0.05) is 11.8 Å². The molecule has 0 unspecified atom stereocenters. The van der Waals surface area contributed by atoms with Crippen LogP contribution in [0.3, 0.4) is 0 Å². The molecule has 2 aromatic rings. The molecule has 1 N–H and O–H groups in total. The van der Waals surface area contributed by atoms with Gasteiger partial charge in [0.15, 0.2) is 9.84 Å². The van der Waals surface area contributed by atoms with Crippen LogP contribution in [0.4, 0.5) is 5.00 Å². The first-order valence-electron chi connectivity index (χ1n) is 7.51. The van der Waals surface area contributed by atoms with Crippen LogP contribution in [0.2, 0.25) is 0 Å². The molecule has 0 spiro atoms. The van der Waals surface area contributed by atoms with Crippen molar-refractivity contribution in [3.05, 3.63) is 45.8 Å². The zero-order valence-corrected chi connectivity index (χ0v) is 16.6. The lowest BCUT2D eigenvalue weighted by Crippen LogP contribution is -2.15. The summed E-state index contributed by atoms with van der Waals surface area (Å²) < 4.78 is 32.7. The van der Waals surface area contributed by atoms with Gasteiger partial charge in [-0.05, 0) is 30.7 Å². The number of amides is 1. The number of carbonyl (C=O) groups excluding carboxylic acids is 3. The standard InChI is InChI=1S/C17H17NO7S2/c1-9-12(16(20)24-2)15(26-13(9)17(21)25-3)18-14(19)10-6-5-7-11(8-10)27(4,22)23/h5-8H,1-4H3,(H,18,19). The lowest BCUT2D eigenvalue weighted by molar-refractivity contribution is 0.0601. The Hall–Kier alpha value is -2.72. The van der Waals surface area contributed by atoms with Crippen LogP contribution in [0.5, 0.6) is 0 Å². The van der Waals surface area contributed by atoms with Crippen molar-refractivity contribution in [3.8, 4) is 0 Å². The Bertz CT molecular complexity index is 1020. The number of hydrogen-bond acceptors (Lipinski definition) is 8. The average Bonchev–Trinajstić information content (AvgIpc) is 2.95. The first-order valence-corrected chi connectivity index (χ1v) is 10.2. The van der Waals surface area contributed by atoms with Crippen LogP contribution in [-0.4, -0.2) is 46.7 Å². The van der Waals surface area contributed by atoms with Crippen molar-refractivity contribution in [3.63, 3.8) is 0 Å². The molecule has 8 nitrogen and oxygen atoms in total. The minimum absolute atomic E-state index is 0.0130. The van der Waals surface area contributed by atoms with E-state index in [0.29, 0.717) is 5.56 Å². The molecule has 0 aliphatic rings. The monoisotopic (exact) mass is 411 g/mol. The van der Waals surface area contributed by atoms with Crippen LogP contribution in [0.1, 0.15) is 36.0 Å². The number of carbonyl (C=O) groups is 3. The highest BCUT2D eigenvalue weighted by Gasteiger charge is 2.27. The molecule has 27 heavy (non-hydrogen) atoms. The summed E-state index contributed by atoms with van der Waals surface area (Å²) in [5.41, 5.74) is 0.439. The van der Waals surface area contributed by atoms with Crippen molar-refractivity contribution < 1.29 is 32.3 Å². The molecule has 144 valence electrons. The number of benzene rings is 1. The maximum absolute atomic E-state index is 12.5. The van der Waals surface area contributed by atoms with Gasteiger partial charge in [0.2, 0.25) is 0 Å². The maximum Gasteiger partial charge on any atom is 0.348 e. The van der Waals surface area contributed by atoms with E-state index in [9.17, 15) is 22.8 Å². The third-order valence-corrected chi connectivity index (χ3v) is 5.96. The van der Waals surface area contributed by atoms with Gasteiger partial charge in [0.1, 0.15) is 9.88 Å². The fourth-order valence-electron chi connectivity index (χ4n) is 2.28. The average molecular weight is 411 g/mol. The fraction of sp³-hybridized carbons (Fsp3) is 0.235. The lowest BCUT2D eigenvalue weighted by Gasteiger charge is -2.07. The number of rotatable bonds is 5. The van der Waals surface area contributed by atoms with Gasteiger partial charge < -0.3 is 14.8 Å². The van der Waals surface area contributed by atoms with E-state index in [2.05, 4.69) is 10.1 Å². The summed E-state index contributed by atoms with van der Waals surface area (Å²) in [4.78, 5) is 36.6. The second-order valence-corrected chi connectivity index (χ2v) is 8.53. The number of sulfone groups is 1. The van der Waals surface area contributed by atoms with Crippen molar-refractivity contribution in [2.24, 2.45) is 0 Å². The predicted molar refractivity (Wildman–Crippen MR) is 99.2 cm³/mol. The molecular weight excluding hydrogens is 394 g/mol. The van der Waals surface area contributed by atoms with E-state index in [-0.39, 0.29) is 25.9 Å². The molecule has 1 amide bonds. The Morgan fingerprint density at radius 1 is 1.07 bits per heavy atom. The SMILES string of the molecule is COC(=O)c1sc(NC(=O)c2cccc(S(C)(=O)=O)c2)c(C(=O)OC)c1C. The molecule has 0 aliphatic heterocycles. The molecule has 0 saturated carbocycles. The van der Waals surface area contributed by atoms with E-state index >= 15 is 0 Å². The van der Waals surface area contributed by atoms with Crippen molar-refractivity contribution >= 4 is 44.0 Å². The summed E-state index contributed by atoms with van der Waals surface area (Å²) in [6.45, 7) is 1.54. The Morgan fingerprint density at radius 2 is 1.70 bits per heavy atom. The van der Waals surface area contributed by atoms with E-state index in [1.165, 1.54) is 45.4 Å². The zero-order valence-electron chi connectivity index (χ0n) is 15.0. The smallest absolute Gasteiger partial charge is 0.348 e. The van der Waals surface area contributed by atoms with Crippen molar-refractivity contribution in [1.29, 1.82) is 0 Å². The topological polar surface area (TPSA) is 116 Å². The summed E-state index contributed by atoms with van der Waals surface area (Å²) in [5, 5.41) is 2.64. The van der Waals surface area contributed by atoms with Gasteiger partial charge in [-0.1, -0.05) is 6.07 Å². The highest BCUT2D eigenvalue weighted by Crippen LogP contribution is 2.34. The molecule has 0 atom stereocenters. The number of thiophene rings is 1. The Balaban J connectivity index is 2.46. The molecule has 1 aromatic carbocycles. The third-order valence-electron chi connectivity index (χ3n) is 3.66. The van der Waals surface area contributed by atoms with Crippen LogP contribution < -0.4 is 5.32 Å². The molecule has 0 bridgehead atoms. The minimum Gasteiger partial charge on any atom is -0.465 e. The minimum atomic E-state index is -3.49.